The Morgan fingerprint density at radius 3 is 2.95 bits per heavy atom. The molecule has 6 heteroatoms. The van der Waals surface area contributed by atoms with Crippen molar-refractivity contribution in [2.45, 2.75) is 6.42 Å². The Morgan fingerprint density at radius 1 is 1.37 bits per heavy atom. The lowest BCUT2D eigenvalue weighted by Gasteiger charge is -2.09. The number of hydrogen-bond acceptors (Lipinski definition) is 3. The van der Waals surface area contributed by atoms with Gasteiger partial charge >= 0.3 is 0 Å². The third-order valence-corrected chi connectivity index (χ3v) is 3.97. The summed E-state index contributed by atoms with van der Waals surface area (Å²) in [5.74, 6) is 0.636. The van der Waals surface area contributed by atoms with Crippen molar-refractivity contribution in [3.05, 3.63) is 49.9 Å². The average Bonchev–Trinajstić information content (AvgIpc) is 2.38. The van der Waals surface area contributed by atoms with Crippen molar-refractivity contribution in [2.75, 3.05) is 12.3 Å². The van der Waals surface area contributed by atoms with Crippen LogP contribution in [-0.2, 0) is 6.42 Å². The highest BCUT2D eigenvalue weighted by Gasteiger charge is 2.05. The quantitative estimate of drug-likeness (QED) is 0.741. The molecule has 2 rings (SSSR count). The number of anilines is 1. The Kier molecular flexibility index (Phi) is 4.98. The molecule has 1 aromatic carbocycles. The molecule has 0 amide bonds. The van der Waals surface area contributed by atoms with Gasteiger partial charge in [0.05, 0.1) is 6.61 Å². The highest BCUT2D eigenvalue weighted by Crippen LogP contribution is 2.23. The molecule has 19 heavy (non-hydrogen) atoms. The van der Waals surface area contributed by atoms with E-state index in [0.717, 1.165) is 13.6 Å². The van der Waals surface area contributed by atoms with Gasteiger partial charge in [0.25, 0.3) is 0 Å². The van der Waals surface area contributed by atoms with Gasteiger partial charge in [0.2, 0.25) is 0 Å². The molecule has 0 saturated carbocycles. The van der Waals surface area contributed by atoms with Gasteiger partial charge in [-0.1, -0.05) is 0 Å². The Morgan fingerprint density at radius 2 is 2.16 bits per heavy atom. The minimum absolute atomic E-state index is 0.237. The molecule has 0 aliphatic heterocycles. The van der Waals surface area contributed by atoms with Crippen LogP contribution in [0.2, 0.25) is 0 Å². The van der Waals surface area contributed by atoms with Gasteiger partial charge in [-0.25, -0.2) is 9.37 Å². The first-order valence-electron chi connectivity index (χ1n) is 5.54. The molecule has 0 radical (unpaired) electrons. The summed E-state index contributed by atoms with van der Waals surface area (Å²) in [6.07, 6.45) is 2.22. The van der Waals surface area contributed by atoms with Crippen molar-refractivity contribution in [1.82, 2.24) is 4.98 Å². The Hall–Kier alpha value is -0.890. The molecule has 0 unspecified atom stereocenters. The third-order valence-electron chi connectivity index (χ3n) is 2.49. The molecular weight excluding hydrogens is 426 g/mol. The fourth-order valence-electron chi connectivity index (χ4n) is 1.55. The smallest absolute Gasteiger partial charge is 0.166 e. The number of ether oxygens (including phenoxy) is 1. The molecule has 3 nitrogen and oxygen atoms in total. The van der Waals surface area contributed by atoms with E-state index < -0.39 is 0 Å². The first kappa shape index (κ1) is 14.5. The van der Waals surface area contributed by atoms with Crippen LogP contribution in [0.1, 0.15) is 5.56 Å². The number of halogens is 3. The SMILES string of the molecule is Nc1ncc(Br)cc1OCCc1cc(F)ccc1I. The van der Waals surface area contributed by atoms with E-state index in [9.17, 15) is 4.39 Å². The molecule has 0 aliphatic rings. The number of nitrogens with two attached hydrogens (primary N) is 1. The van der Waals surface area contributed by atoms with Gasteiger partial charge in [-0.3, -0.25) is 0 Å². The molecule has 2 aromatic rings. The fraction of sp³-hybridized carbons (Fsp3) is 0.154. The lowest BCUT2D eigenvalue weighted by molar-refractivity contribution is 0.322. The summed E-state index contributed by atoms with van der Waals surface area (Å²) >= 11 is 5.48. The standard InChI is InChI=1S/C13H11BrFIN2O/c14-9-6-12(13(17)18-7-9)19-4-3-8-5-10(15)1-2-11(8)16/h1-2,5-7H,3-4H2,(H2,17,18). The molecule has 0 aliphatic carbocycles. The summed E-state index contributed by atoms with van der Waals surface area (Å²) in [5, 5.41) is 0. The minimum atomic E-state index is -0.237. The summed E-state index contributed by atoms with van der Waals surface area (Å²) in [6, 6.07) is 6.48. The Balaban J connectivity index is 2.00. The van der Waals surface area contributed by atoms with Crippen LogP contribution in [0.15, 0.2) is 34.9 Å². The molecule has 0 bridgehead atoms. The zero-order valence-electron chi connectivity index (χ0n) is 9.87. The lowest BCUT2D eigenvalue weighted by atomic mass is 10.1. The average molecular weight is 437 g/mol. The van der Waals surface area contributed by atoms with Crippen molar-refractivity contribution in [3.63, 3.8) is 0 Å². The molecular formula is C13H11BrFIN2O. The monoisotopic (exact) mass is 436 g/mol. The van der Waals surface area contributed by atoms with E-state index >= 15 is 0 Å². The van der Waals surface area contributed by atoms with Crippen molar-refractivity contribution in [1.29, 1.82) is 0 Å². The van der Waals surface area contributed by atoms with Crippen LogP contribution < -0.4 is 10.5 Å². The molecule has 1 heterocycles. The van der Waals surface area contributed by atoms with E-state index in [1.807, 2.05) is 0 Å². The van der Waals surface area contributed by atoms with Crippen LogP contribution in [0, 0.1) is 9.39 Å². The number of nitrogen functional groups attached to an aromatic ring is 1. The van der Waals surface area contributed by atoms with E-state index in [1.54, 1.807) is 18.3 Å². The van der Waals surface area contributed by atoms with Crippen LogP contribution in [0.4, 0.5) is 10.2 Å². The molecule has 2 N–H and O–H groups in total. The predicted molar refractivity (Wildman–Crippen MR) is 84.7 cm³/mol. The number of aromatic nitrogens is 1. The summed E-state index contributed by atoms with van der Waals surface area (Å²) in [7, 11) is 0. The van der Waals surface area contributed by atoms with Gasteiger partial charge in [0.15, 0.2) is 11.6 Å². The van der Waals surface area contributed by atoms with Crippen LogP contribution in [-0.4, -0.2) is 11.6 Å². The highest BCUT2D eigenvalue weighted by molar-refractivity contribution is 14.1. The van der Waals surface area contributed by atoms with E-state index in [0.29, 0.717) is 24.6 Å². The zero-order chi connectivity index (χ0) is 13.8. The molecule has 1 aromatic heterocycles. The van der Waals surface area contributed by atoms with Crippen molar-refractivity contribution in [2.24, 2.45) is 0 Å². The first-order valence-corrected chi connectivity index (χ1v) is 7.41. The van der Waals surface area contributed by atoms with E-state index in [-0.39, 0.29) is 5.82 Å². The topological polar surface area (TPSA) is 48.1 Å². The maximum Gasteiger partial charge on any atom is 0.166 e. The predicted octanol–water partition coefficient (Wildman–Crippen LogP) is 3.79. The van der Waals surface area contributed by atoms with E-state index in [4.69, 9.17) is 10.5 Å². The minimum Gasteiger partial charge on any atom is -0.489 e. The van der Waals surface area contributed by atoms with Gasteiger partial charge in [0, 0.05) is 20.7 Å². The van der Waals surface area contributed by atoms with Crippen molar-refractivity contribution in [3.8, 4) is 5.75 Å². The normalized spacial score (nSPS) is 10.5. The summed E-state index contributed by atoms with van der Waals surface area (Å²) in [6.45, 7) is 0.418. The summed E-state index contributed by atoms with van der Waals surface area (Å²) < 4.78 is 20.5. The molecule has 0 saturated heterocycles. The van der Waals surface area contributed by atoms with Gasteiger partial charge < -0.3 is 10.5 Å². The van der Waals surface area contributed by atoms with Crippen molar-refractivity contribution < 1.29 is 9.13 Å². The number of hydrogen-bond donors (Lipinski definition) is 1. The van der Waals surface area contributed by atoms with Crippen LogP contribution in [0.5, 0.6) is 5.75 Å². The van der Waals surface area contributed by atoms with Gasteiger partial charge in [0.1, 0.15) is 5.82 Å². The number of rotatable bonds is 4. The highest BCUT2D eigenvalue weighted by atomic mass is 127. The van der Waals surface area contributed by atoms with Crippen LogP contribution in [0.3, 0.4) is 0 Å². The van der Waals surface area contributed by atoms with Crippen LogP contribution in [0.25, 0.3) is 0 Å². The van der Waals surface area contributed by atoms with Gasteiger partial charge in [-0.15, -0.1) is 0 Å². The van der Waals surface area contributed by atoms with E-state index in [2.05, 4.69) is 43.5 Å². The third kappa shape index (κ3) is 4.04. The van der Waals surface area contributed by atoms with Crippen molar-refractivity contribution >= 4 is 44.3 Å². The number of pyridine rings is 1. The summed E-state index contributed by atoms with van der Waals surface area (Å²) in [4.78, 5) is 3.98. The first-order chi connectivity index (χ1) is 9.06. The second-order valence-corrected chi connectivity index (χ2v) is 5.95. The van der Waals surface area contributed by atoms with Crippen LogP contribution >= 0.6 is 38.5 Å². The van der Waals surface area contributed by atoms with E-state index in [1.165, 1.54) is 12.1 Å². The maximum atomic E-state index is 13.1. The second-order valence-electron chi connectivity index (χ2n) is 3.87. The molecule has 0 atom stereocenters. The van der Waals surface area contributed by atoms with Gasteiger partial charge in [-0.05, 0) is 68.3 Å². The Bertz CT molecular complexity index is 543. The summed E-state index contributed by atoms with van der Waals surface area (Å²) in [5.41, 5.74) is 6.62. The fourth-order valence-corrected chi connectivity index (χ4v) is 2.47. The lowest BCUT2D eigenvalue weighted by Crippen LogP contribution is -2.05. The number of benzene rings is 1. The zero-order valence-corrected chi connectivity index (χ0v) is 13.6. The maximum absolute atomic E-state index is 13.1. The number of nitrogens with zero attached hydrogens (tertiary/aromatic N) is 1. The molecule has 0 spiro atoms. The Labute approximate surface area is 132 Å². The largest absolute Gasteiger partial charge is 0.489 e. The molecule has 0 fully saturated rings. The van der Waals surface area contributed by atoms with Gasteiger partial charge in [-0.2, -0.15) is 0 Å². The molecule has 100 valence electrons. The second kappa shape index (κ2) is 6.51.